The molecule has 0 aliphatic rings. The highest BCUT2D eigenvalue weighted by Gasteiger charge is 2.13. The van der Waals surface area contributed by atoms with E-state index in [4.69, 9.17) is 9.47 Å². The van der Waals surface area contributed by atoms with Gasteiger partial charge < -0.3 is 9.47 Å². The van der Waals surface area contributed by atoms with Gasteiger partial charge in [0.2, 0.25) is 0 Å². The number of benzene rings is 2. The molecule has 0 saturated heterocycles. The number of methoxy groups -OCH3 is 1. The van der Waals surface area contributed by atoms with E-state index in [2.05, 4.69) is 45.9 Å². The number of aryl methyl sites for hydroxylation is 1. The molecule has 0 fully saturated rings. The molecule has 0 saturated carbocycles. The van der Waals surface area contributed by atoms with Gasteiger partial charge in [-0.05, 0) is 42.2 Å². The summed E-state index contributed by atoms with van der Waals surface area (Å²) in [6, 6.07) is 14.4. The molecule has 2 rings (SSSR count). The van der Waals surface area contributed by atoms with Gasteiger partial charge in [-0.25, -0.2) is 0 Å². The SMILES string of the molecule is COc1ccc(C)cc1COc1ccc(C(C)(C)C)cc1. The summed E-state index contributed by atoms with van der Waals surface area (Å²) in [5.74, 6) is 1.75. The van der Waals surface area contributed by atoms with Gasteiger partial charge in [0.15, 0.2) is 0 Å². The van der Waals surface area contributed by atoms with Crippen LogP contribution in [0.5, 0.6) is 11.5 Å². The van der Waals surface area contributed by atoms with Crippen molar-refractivity contribution in [2.75, 3.05) is 7.11 Å². The Labute approximate surface area is 127 Å². The summed E-state index contributed by atoms with van der Waals surface area (Å²) >= 11 is 0. The maximum Gasteiger partial charge on any atom is 0.125 e. The Kier molecular flexibility index (Phi) is 4.56. The van der Waals surface area contributed by atoms with Crippen LogP contribution in [-0.4, -0.2) is 7.11 Å². The van der Waals surface area contributed by atoms with Crippen molar-refractivity contribution in [3.8, 4) is 11.5 Å². The Morgan fingerprint density at radius 1 is 0.952 bits per heavy atom. The molecule has 21 heavy (non-hydrogen) atoms. The maximum atomic E-state index is 5.88. The third-order valence-electron chi connectivity index (χ3n) is 3.55. The van der Waals surface area contributed by atoms with E-state index in [9.17, 15) is 0 Å². The Balaban J connectivity index is 2.08. The van der Waals surface area contributed by atoms with Crippen LogP contribution in [0.1, 0.15) is 37.5 Å². The first-order chi connectivity index (χ1) is 9.90. The van der Waals surface area contributed by atoms with Gasteiger partial charge in [0.25, 0.3) is 0 Å². The summed E-state index contributed by atoms with van der Waals surface area (Å²) in [5, 5.41) is 0. The predicted octanol–water partition coefficient (Wildman–Crippen LogP) is 4.88. The van der Waals surface area contributed by atoms with Gasteiger partial charge in [0, 0.05) is 5.56 Å². The van der Waals surface area contributed by atoms with Crippen molar-refractivity contribution in [2.45, 2.75) is 39.7 Å². The molecule has 0 atom stereocenters. The molecule has 0 N–H and O–H groups in total. The molecule has 0 unspecified atom stereocenters. The molecule has 0 spiro atoms. The van der Waals surface area contributed by atoms with Crippen LogP contribution in [0.4, 0.5) is 0 Å². The second kappa shape index (κ2) is 6.21. The highest BCUT2D eigenvalue weighted by Crippen LogP contribution is 2.26. The monoisotopic (exact) mass is 284 g/mol. The molecule has 2 aromatic rings. The largest absolute Gasteiger partial charge is 0.496 e. The Hall–Kier alpha value is -1.96. The van der Waals surface area contributed by atoms with Crippen molar-refractivity contribution >= 4 is 0 Å². The number of rotatable bonds is 4. The van der Waals surface area contributed by atoms with E-state index in [1.807, 2.05) is 24.3 Å². The zero-order chi connectivity index (χ0) is 15.5. The molecular formula is C19H24O2. The van der Waals surface area contributed by atoms with Crippen molar-refractivity contribution in [1.29, 1.82) is 0 Å². The van der Waals surface area contributed by atoms with Crippen molar-refractivity contribution in [2.24, 2.45) is 0 Å². The number of hydrogen-bond acceptors (Lipinski definition) is 2. The van der Waals surface area contributed by atoms with Crippen LogP contribution in [0.25, 0.3) is 0 Å². The van der Waals surface area contributed by atoms with Crippen LogP contribution < -0.4 is 9.47 Å². The molecule has 0 aliphatic heterocycles. The molecule has 0 radical (unpaired) electrons. The van der Waals surface area contributed by atoms with Gasteiger partial charge in [-0.2, -0.15) is 0 Å². The molecule has 0 amide bonds. The van der Waals surface area contributed by atoms with E-state index in [-0.39, 0.29) is 5.41 Å². The summed E-state index contributed by atoms with van der Waals surface area (Å²) in [5.41, 5.74) is 3.75. The first-order valence-corrected chi connectivity index (χ1v) is 7.27. The lowest BCUT2D eigenvalue weighted by molar-refractivity contribution is 0.296. The minimum absolute atomic E-state index is 0.165. The summed E-state index contributed by atoms with van der Waals surface area (Å²) < 4.78 is 11.2. The molecule has 2 heteroatoms. The lowest BCUT2D eigenvalue weighted by Gasteiger charge is -2.19. The highest BCUT2D eigenvalue weighted by atomic mass is 16.5. The van der Waals surface area contributed by atoms with Crippen LogP contribution in [-0.2, 0) is 12.0 Å². The van der Waals surface area contributed by atoms with E-state index in [1.165, 1.54) is 11.1 Å². The van der Waals surface area contributed by atoms with Gasteiger partial charge in [-0.15, -0.1) is 0 Å². The maximum absolute atomic E-state index is 5.88. The third kappa shape index (κ3) is 4.01. The molecule has 0 bridgehead atoms. The second-order valence-corrected chi connectivity index (χ2v) is 6.38. The van der Waals surface area contributed by atoms with Gasteiger partial charge in [0.05, 0.1) is 7.11 Å². The molecule has 0 aromatic heterocycles. The van der Waals surface area contributed by atoms with E-state index >= 15 is 0 Å². The smallest absolute Gasteiger partial charge is 0.125 e. The minimum atomic E-state index is 0.165. The van der Waals surface area contributed by atoms with Crippen LogP contribution in [0, 0.1) is 6.92 Å². The Bertz CT molecular complexity index is 592. The first-order valence-electron chi connectivity index (χ1n) is 7.27. The van der Waals surface area contributed by atoms with Crippen LogP contribution >= 0.6 is 0 Å². The molecule has 0 heterocycles. The van der Waals surface area contributed by atoms with E-state index in [0.29, 0.717) is 6.61 Å². The Morgan fingerprint density at radius 3 is 2.19 bits per heavy atom. The van der Waals surface area contributed by atoms with Crippen molar-refractivity contribution in [1.82, 2.24) is 0 Å². The fourth-order valence-corrected chi connectivity index (χ4v) is 2.23. The van der Waals surface area contributed by atoms with Crippen LogP contribution in [0.3, 0.4) is 0 Å². The van der Waals surface area contributed by atoms with Gasteiger partial charge >= 0.3 is 0 Å². The zero-order valence-electron chi connectivity index (χ0n) is 13.6. The summed E-state index contributed by atoms with van der Waals surface area (Å²) in [7, 11) is 1.69. The quantitative estimate of drug-likeness (QED) is 0.796. The fraction of sp³-hybridized carbons (Fsp3) is 0.368. The lowest BCUT2D eigenvalue weighted by Crippen LogP contribution is -2.10. The van der Waals surface area contributed by atoms with E-state index in [0.717, 1.165) is 17.1 Å². The summed E-state index contributed by atoms with van der Waals surface area (Å²) in [6.07, 6.45) is 0. The minimum Gasteiger partial charge on any atom is -0.496 e. The third-order valence-corrected chi connectivity index (χ3v) is 3.55. The number of hydrogen-bond donors (Lipinski definition) is 0. The molecule has 2 nitrogen and oxygen atoms in total. The van der Waals surface area contributed by atoms with Crippen LogP contribution in [0.15, 0.2) is 42.5 Å². The van der Waals surface area contributed by atoms with Gasteiger partial charge in [-0.3, -0.25) is 0 Å². The highest BCUT2D eigenvalue weighted by molar-refractivity contribution is 5.37. The fourth-order valence-electron chi connectivity index (χ4n) is 2.23. The second-order valence-electron chi connectivity index (χ2n) is 6.38. The van der Waals surface area contributed by atoms with E-state index < -0.39 is 0 Å². The molecule has 2 aromatic carbocycles. The van der Waals surface area contributed by atoms with Crippen molar-refractivity contribution in [3.05, 3.63) is 59.2 Å². The van der Waals surface area contributed by atoms with E-state index in [1.54, 1.807) is 7.11 Å². The summed E-state index contributed by atoms with van der Waals surface area (Å²) in [4.78, 5) is 0. The normalized spacial score (nSPS) is 11.3. The Morgan fingerprint density at radius 2 is 1.62 bits per heavy atom. The summed E-state index contributed by atoms with van der Waals surface area (Å²) in [6.45, 7) is 9.21. The van der Waals surface area contributed by atoms with Crippen LogP contribution in [0.2, 0.25) is 0 Å². The molecule has 112 valence electrons. The van der Waals surface area contributed by atoms with Gasteiger partial charge in [-0.1, -0.05) is 44.5 Å². The van der Waals surface area contributed by atoms with Crippen molar-refractivity contribution < 1.29 is 9.47 Å². The molecule has 0 aliphatic carbocycles. The lowest BCUT2D eigenvalue weighted by atomic mass is 9.87. The number of ether oxygens (including phenoxy) is 2. The zero-order valence-corrected chi connectivity index (χ0v) is 13.6. The molecular weight excluding hydrogens is 260 g/mol. The van der Waals surface area contributed by atoms with Crippen molar-refractivity contribution in [3.63, 3.8) is 0 Å². The predicted molar refractivity (Wildman–Crippen MR) is 87.2 cm³/mol. The average Bonchev–Trinajstić information content (AvgIpc) is 2.45. The van der Waals surface area contributed by atoms with Gasteiger partial charge in [0.1, 0.15) is 18.1 Å². The standard InChI is InChI=1S/C19H24O2/c1-14-6-11-18(20-5)15(12-14)13-21-17-9-7-16(8-10-17)19(2,3)4/h6-12H,13H2,1-5H3. The average molecular weight is 284 g/mol. The topological polar surface area (TPSA) is 18.5 Å². The first kappa shape index (κ1) is 15.4.